The minimum absolute atomic E-state index is 0.0317. The molecule has 1 fully saturated rings. The summed E-state index contributed by atoms with van der Waals surface area (Å²) in [5.41, 5.74) is 6.06. The van der Waals surface area contributed by atoms with E-state index in [2.05, 4.69) is 9.98 Å². The van der Waals surface area contributed by atoms with Crippen LogP contribution >= 0.6 is 11.8 Å². The number of nitrogens with two attached hydrogens (primary N) is 1. The third-order valence-corrected chi connectivity index (χ3v) is 5.69. The van der Waals surface area contributed by atoms with Crippen LogP contribution in [0, 0.1) is 24.5 Å². The van der Waals surface area contributed by atoms with Crippen LogP contribution in [0.5, 0.6) is 0 Å². The second kappa shape index (κ2) is 6.10. The normalized spacial score (nSPS) is 29.2. The smallest absolute Gasteiger partial charge is 0.223 e. The van der Waals surface area contributed by atoms with Gasteiger partial charge in [-0.05, 0) is 19.4 Å². The number of hydrogen-bond donors (Lipinski definition) is 1. The topological polar surface area (TPSA) is 73.6 Å². The Labute approximate surface area is 147 Å². The predicted molar refractivity (Wildman–Crippen MR) is 90.2 cm³/mol. The zero-order valence-corrected chi connectivity index (χ0v) is 14.4. The van der Waals surface area contributed by atoms with Crippen molar-refractivity contribution in [3.63, 3.8) is 0 Å². The van der Waals surface area contributed by atoms with Crippen LogP contribution in [0.25, 0.3) is 0 Å². The molecule has 0 amide bonds. The monoisotopic (exact) mass is 365 g/mol. The fourth-order valence-corrected chi connectivity index (χ4v) is 4.51. The molecule has 3 heterocycles. The van der Waals surface area contributed by atoms with E-state index in [1.807, 2.05) is 6.92 Å². The van der Waals surface area contributed by atoms with E-state index in [0.717, 1.165) is 11.8 Å². The lowest BCUT2D eigenvalue weighted by Crippen LogP contribution is -2.48. The van der Waals surface area contributed by atoms with Crippen molar-refractivity contribution in [3.05, 3.63) is 53.2 Å². The molecule has 2 aliphatic rings. The highest BCUT2D eigenvalue weighted by molar-refractivity contribution is 8.13. The first kappa shape index (κ1) is 16.5. The molecule has 3 unspecified atom stereocenters. The van der Waals surface area contributed by atoms with Crippen molar-refractivity contribution in [2.75, 3.05) is 12.4 Å². The number of aryl methyl sites for hydroxylation is 1. The first-order valence-electron chi connectivity index (χ1n) is 7.95. The summed E-state index contributed by atoms with van der Waals surface area (Å²) >= 11 is 1.43. The van der Waals surface area contributed by atoms with Crippen molar-refractivity contribution >= 4 is 16.9 Å². The molecule has 0 bridgehead atoms. The fraction of sp³-hybridized carbons (Fsp3) is 0.412. The lowest BCUT2D eigenvalue weighted by atomic mass is 9.75. The Morgan fingerprint density at radius 2 is 2.20 bits per heavy atom. The van der Waals surface area contributed by atoms with Crippen LogP contribution in [0.15, 0.2) is 33.9 Å². The Bertz CT molecular complexity index is 841. The number of benzene rings is 1. The van der Waals surface area contributed by atoms with Gasteiger partial charge in [-0.1, -0.05) is 17.8 Å². The van der Waals surface area contributed by atoms with Crippen molar-refractivity contribution in [1.29, 1.82) is 0 Å². The minimum atomic E-state index is -0.953. The van der Waals surface area contributed by atoms with E-state index in [1.165, 1.54) is 23.9 Å². The number of thioether (sulfide) groups is 1. The second-order valence-corrected chi connectivity index (χ2v) is 7.41. The van der Waals surface area contributed by atoms with Gasteiger partial charge in [0.05, 0.1) is 12.3 Å². The molecular weight excluding hydrogens is 348 g/mol. The third-order valence-electron chi connectivity index (χ3n) is 4.73. The van der Waals surface area contributed by atoms with Gasteiger partial charge >= 0.3 is 0 Å². The lowest BCUT2D eigenvalue weighted by molar-refractivity contribution is -0.0697. The molecule has 1 aromatic carbocycles. The first-order chi connectivity index (χ1) is 12.0. The highest BCUT2D eigenvalue weighted by Gasteiger charge is 2.50. The summed E-state index contributed by atoms with van der Waals surface area (Å²) in [4.78, 5) is 8.88. The summed E-state index contributed by atoms with van der Waals surface area (Å²) in [5.74, 6) is -0.108. The van der Waals surface area contributed by atoms with Gasteiger partial charge in [-0.25, -0.2) is 18.8 Å². The number of aromatic nitrogens is 1. The molecule has 2 aliphatic heterocycles. The summed E-state index contributed by atoms with van der Waals surface area (Å²) < 4.78 is 39.3. The van der Waals surface area contributed by atoms with Gasteiger partial charge in [-0.15, -0.1) is 0 Å². The largest absolute Gasteiger partial charge is 0.446 e. The van der Waals surface area contributed by atoms with Crippen molar-refractivity contribution < 1.29 is 17.9 Å². The summed E-state index contributed by atoms with van der Waals surface area (Å²) in [6.07, 6.45) is 1.83. The van der Waals surface area contributed by atoms with Gasteiger partial charge in [0.15, 0.2) is 5.17 Å². The Morgan fingerprint density at radius 3 is 2.92 bits per heavy atom. The van der Waals surface area contributed by atoms with Crippen LogP contribution in [0.2, 0.25) is 0 Å². The average molecular weight is 365 g/mol. The number of rotatable bonds is 2. The summed E-state index contributed by atoms with van der Waals surface area (Å²) in [6.45, 7) is 1.98. The van der Waals surface area contributed by atoms with Gasteiger partial charge in [-0.3, -0.25) is 0 Å². The standard InChI is InChI=1S/C17H17F2N3O2S/c1-9-6-23-15(21-9)14-4-10-7-25-16(20)22-17(10,8-24-14)12-3-2-11(18)5-13(12)19/h2-3,5-6,10,14H,4,7-8H2,1H3,(H2,20,22). The fourth-order valence-electron chi connectivity index (χ4n) is 3.50. The van der Waals surface area contributed by atoms with E-state index < -0.39 is 17.2 Å². The molecule has 2 N–H and O–H groups in total. The van der Waals surface area contributed by atoms with E-state index in [0.29, 0.717) is 28.8 Å². The van der Waals surface area contributed by atoms with Crippen LogP contribution in [-0.2, 0) is 10.3 Å². The second-order valence-electron chi connectivity index (χ2n) is 6.37. The molecule has 0 spiro atoms. The molecule has 0 radical (unpaired) electrons. The Hall–Kier alpha value is -1.93. The van der Waals surface area contributed by atoms with Crippen molar-refractivity contribution in [1.82, 2.24) is 4.98 Å². The lowest BCUT2D eigenvalue weighted by Gasteiger charge is -2.45. The quantitative estimate of drug-likeness (QED) is 0.884. The predicted octanol–water partition coefficient (Wildman–Crippen LogP) is 3.30. The molecule has 5 nitrogen and oxygen atoms in total. The Morgan fingerprint density at radius 1 is 1.36 bits per heavy atom. The molecule has 2 aromatic rings. The third kappa shape index (κ3) is 2.83. The molecule has 4 rings (SSSR count). The number of ether oxygens (including phenoxy) is 1. The average Bonchev–Trinajstić information content (AvgIpc) is 3.00. The maximum atomic E-state index is 14.5. The summed E-state index contributed by atoms with van der Waals surface area (Å²) in [7, 11) is 0. The molecular formula is C17H17F2N3O2S. The number of hydrogen-bond acceptors (Lipinski definition) is 6. The van der Waals surface area contributed by atoms with Crippen LogP contribution in [0.1, 0.15) is 29.7 Å². The summed E-state index contributed by atoms with van der Waals surface area (Å²) in [6, 6.07) is 3.54. The van der Waals surface area contributed by atoms with E-state index in [1.54, 1.807) is 6.26 Å². The molecule has 0 saturated carbocycles. The molecule has 3 atom stereocenters. The Kier molecular flexibility index (Phi) is 4.04. The highest BCUT2D eigenvalue weighted by atomic mass is 32.2. The molecule has 1 aromatic heterocycles. The van der Waals surface area contributed by atoms with Crippen molar-refractivity contribution in [2.24, 2.45) is 16.6 Å². The van der Waals surface area contributed by atoms with Crippen LogP contribution in [-0.4, -0.2) is 22.5 Å². The van der Waals surface area contributed by atoms with Gasteiger partial charge in [0, 0.05) is 23.3 Å². The maximum Gasteiger partial charge on any atom is 0.223 e. The zero-order chi connectivity index (χ0) is 17.6. The number of fused-ring (bicyclic) bond motifs is 1. The van der Waals surface area contributed by atoms with Crippen LogP contribution in [0.3, 0.4) is 0 Å². The molecule has 0 aliphatic carbocycles. The Balaban J connectivity index is 1.73. The zero-order valence-electron chi connectivity index (χ0n) is 13.5. The number of amidine groups is 1. The van der Waals surface area contributed by atoms with Gasteiger partial charge in [0.1, 0.15) is 29.5 Å². The number of nitrogens with zero attached hydrogens (tertiary/aromatic N) is 2. The maximum absolute atomic E-state index is 14.5. The number of oxazole rings is 1. The van der Waals surface area contributed by atoms with Crippen molar-refractivity contribution in [2.45, 2.75) is 25.0 Å². The van der Waals surface area contributed by atoms with E-state index in [9.17, 15) is 8.78 Å². The number of aliphatic imine (C=N–C) groups is 1. The molecule has 8 heteroatoms. The molecule has 1 saturated heterocycles. The molecule has 25 heavy (non-hydrogen) atoms. The van der Waals surface area contributed by atoms with E-state index >= 15 is 0 Å². The highest BCUT2D eigenvalue weighted by Crippen LogP contribution is 2.49. The van der Waals surface area contributed by atoms with E-state index in [4.69, 9.17) is 14.9 Å². The number of halogens is 2. The van der Waals surface area contributed by atoms with Crippen LogP contribution < -0.4 is 5.73 Å². The first-order valence-corrected chi connectivity index (χ1v) is 8.94. The van der Waals surface area contributed by atoms with Crippen LogP contribution in [0.4, 0.5) is 8.78 Å². The minimum Gasteiger partial charge on any atom is -0.446 e. The summed E-state index contributed by atoms with van der Waals surface area (Å²) in [5, 5.41) is 0.383. The van der Waals surface area contributed by atoms with Crippen molar-refractivity contribution in [3.8, 4) is 0 Å². The van der Waals surface area contributed by atoms with Gasteiger partial charge in [-0.2, -0.15) is 0 Å². The van der Waals surface area contributed by atoms with Gasteiger partial charge < -0.3 is 14.9 Å². The molecule has 132 valence electrons. The van der Waals surface area contributed by atoms with Gasteiger partial charge in [0.2, 0.25) is 5.89 Å². The SMILES string of the molecule is Cc1coc(C2CC3CSC(N)=NC3(c3ccc(F)cc3F)CO2)n1. The van der Waals surface area contributed by atoms with E-state index in [-0.39, 0.29) is 18.6 Å². The van der Waals surface area contributed by atoms with Gasteiger partial charge in [0.25, 0.3) is 0 Å².